The fourth-order valence-electron chi connectivity index (χ4n) is 9.70. The smallest absolute Gasteiger partial charge is 0.312 e. The van der Waals surface area contributed by atoms with Gasteiger partial charge in [0.25, 0.3) is 0 Å². The highest BCUT2D eigenvalue weighted by atomic mass is 16.5. The Balaban J connectivity index is 1.41. The third-order valence-electron chi connectivity index (χ3n) is 11.5. The highest BCUT2D eigenvalue weighted by Gasteiger charge is 2.65. The van der Waals surface area contributed by atoms with Crippen LogP contribution < -0.4 is 0 Å². The van der Waals surface area contributed by atoms with E-state index in [1.54, 1.807) is 0 Å². The van der Waals surface area contributed by atoms with Gasteiger partial charge in [-0.3, -0.25) is 4.79 Å². The van der Waals surface area contributed by atoms with Crippen LogP contribution in [0.3, 0.4) is 0 Å². The molecule has 0 aromatic heterocycles. The van der Waals surface area contributed by atoms with E-state index in [-0.39, 0.29) is 23.4 Å². The predicted molar refractivity (Wildman–Crippen MR) is 132 cm³/mol. The summed E-state index contributed by atoms with van der Waals surface area (Å²) in [4.78, 5) is 14.0. The minimum Gasteiger partial charge on any atom is -0.457 e. The lowest BCUT2D eigenvalue weighted by atomic mass is 9.41. The van der Waals surface area contributed by atoms with Crippen LogP contribution in [0.4, 0.5) is 0 Å². The van der Waals surface area contributed by atoms with Crippen molar-refractivity contribution >= 4 is 5.97 Å². The van der Waals surface area contributed by atoms with E-state index in [2.05, 4.69) is 34.3 Å². The van der Waals surface area contributed by atoms with Gasteiger partial charge in [0.15, 0.2) is 0 Å². The molecule has 0 aromatic carbocycles. The third-order valence-corrected chi connectivity index (χ3v) is 11.5. The van der Waals surface area contributed by atoms with Crippen molar-refractivity contribution in [3.05, 3.63) is 23.8 Å². The average molecular weight is 455 g/mol. The Hall–Kier alpha value is -1.09. The van der Waals surface area contributed by atoms with E-state index in [1.165, 1.54) is 44.1 Å². The number of esters is 1. The molecule has 5 aliphatic carbocycles. The first-order valence-corrected chi connectivity index (χ1v) is 13.8. The van der Waals surface area contributed by atoms with E-state index < -0.39 is 11.5 Å². The maximum Gasteiger partial charge on any atom is 0.312 e. The van der Waals surface area contributed by atoms with Crippen LogP contribution >= 0.6 is 0 Å². The van der Waals surface area contributed by atoms with Crippen LogP contribution in [0.5, 0.6) is 0 Å². The molecule has 1 spiro atoms. The number of hydrogen-bond acceptors (Lipinski definition) is 3. The Morgan fingerprint density at radius 3 is 2.64 bits per heavy atom. The lowest BCUT2D eigenvalue weighted by Gasteiger charge is -2.63. The largest absolute Gasteiger partial charge is 0.457 e. The molecule has 0 unspecified atom stereocenters. The molecule has 2 bridgehead atoms. The number of carbonyl (C=O) groups is 1. The van der Waals surface area contributed by atoms with E-state index >= 15 is 0 Å². The summed E-state index contributed by atoms with van der Waals surface area (Å²) in [6, 6.07) is 0. The highest BCUT2D eigenvalue weighted by molar-refractivity contribution is 5.77. The van der Waals surface area contributed by atoms with Gasteiger partial charge in [-0.2, -0.15) is 0 Å². The molecule has 0 aromatic rings. The van der Waals surface area contributed by atoms with Gasteiger partial charge >= 0.3 is 5.97 Å². The zero-order valence-electron chi connectivity index (χ0n) is 21.7. The van der Waals surface area contributed by atoms with E-state index in [9.17, 15) is 9.90 Å². The van der Waals surface area contributed by atoms with Crippen molar-refractivity contribution in [2.24, 2.45) is 45.8 Å². The molecule has 33 heavy (non-hydrogen) atoms. The van der Waals surface area contributed by atoms with E-state index in [1.807, 2.05) is 13.0 Å². The van der Waals surface area contributed by atoms with Crippen LogP contribution in [0.2, 0.25) is 0 Å². The number of aliphatic hydroxyl groups excluding tert-OH is 1. The van der Waals surface area contributed by atoms with Gasteiger partial charge in [-0.05, 0) is 118 Å². The molecule has 184 valence electrons. The average Bonchev–Trinajstić information content (AvgIpc) is 2.98. The van der Waals surface area contributed by atoms with E-state index in [0.29, 0.717) is 23.7 Å². The molecule has 0 saturated heterocycles. The molecular formula is C30H46O3. The van der Waals surface area contributed by atoms with Crippen LogP contribution in [0, 0.1) is 45.8 Å². The molecule has 1 N–H and O–H groups in total. The second kappa shape index (κ2) is 7.97. The first-order chi connectivity index (χ1) is 15.5. The van der Waals surface area contributed by atoms with Gasteiger partial charge in [-0.1, -0.05) is 39.3 Å². The molecule has 3 nitrogen and oxygen atoms in total. The lowest BCUT2D eigenvalue weighted by molar-refractivity contribution is -0.191. The molecule has 4 saturated carbocycles. The number of fused-ring (bicyclic) bond motifs is 3. The van der Waals surface area contributed by atoms with Crippen molar-refractivity contribution < 1.29 is 14.6 Å². The molecule has 0 aliphatic heterocycles. The first-order valence-electron chi connectivity index (χ1n) is 13.8. The highest BCUT2D eigenvalue weighted by Crippen LogP contribution is 2.72. The summed E-state index contributed by atoms with van der Waals surface area (Å²) in [6.07, 6.45) is 13.1. The summed E-state index contributed by atoms with van der Waals surface area (Å²) >= 11 is 0. The number of allylic oxidation sites excluding steroid dienone is 1. The Bertz CT molecular complexity index is 857. The van der Waals surface area contributed by atoms with Crippen molar-refractivity contribution in [1.82, 2.24) is 0 Å². The number of aliphatic hydroxyl groups is 1. The first kappa shape index (κ1) is 23.6. The van der Waals surface area contributed by atoms with Crippen LogP contribution in [-0.4, -0.2) is 23.3 Å². The van der Waals surface area contributed by atoms with Crippen LogP contribution in [0.1, 0.15) is 98.8 Å². The lowest BCUT2D eigenvalue weighted by Crippen LogP contribution is -2.58. The Labute approximate surface area is 201 Å². The minimum absolute atomic E-state index is 0.0231. The van der Waals surface area contributed by atoms with Crippen LogP contribution in [-0.2, 0) is 9.53 Å². The molecule has 3 heteroatoms. The number of ether oxygens (including phenoxy) is 1. The minimum atomic E-state index is -0.410. The molecule has 5 aliphatic rings. The van der Waals surface area contributed by atoms with Gasteiger partial charge in [0.2, 0.25) is 0 Å². The molecule has 9 atom stereocenters. The maximum absolute atomic E-state index is 14.0. The molecular weight excluding hydrogens is 408 g/mol. The van der Waals surface area contributed by atoms with Gasteiger partial charge in [-0.25, -0.2) is 0 Å². The summed E-state index contributed by atoms with van der Waals surface area (Å²) in [5.41, 5.74) is 2.74. The zero-order valence-corrected chi connectivity index (χ0v) is 21.7. The number of rotatable bonds is 3. The van der Waals surface area contributed by atoms with Crippen molar-refractivity contribution in [2.45, 2.75) is 111 Å². The van der Waals surface area contributed by atoms with Gasteiger partial charge < -0.3 is 9.84 Å². The second-order valence-electron chi connectivity index (χ2n) is 13.5. The quantitative estimate of drug-likeness (QED) is 0.375. The topological polar surface area (TPSA) is 46.5 Å². The Kier molecular flexibility index (Phi) is 5.71. The predicted octanol–water partition coefficient (Wildman–Crippen LogP) is 6.85. The number of hydrogen-bond donors (Lipinski definition) is 1. The van der Waals surface area contributed by atoms with Crippen molar-refractivity contribution in [2.75, 3.05) is 0 Å². The fourth-order valence-corrected chi connectivity index (χ4v) is 9.70. The normalized spacial score (nSPS) is 49.3. The molecule has 0 amide bonds. The summed E-state index contributed by atoms with van der Waals surface area (Å²) in [6.45, 7) is 15.6. The molecule has 4 fully saturated rings. The summed E-state index contributed by atoms with van der Waals surface area (Å²) in [7, 11) is 0. The molecule has 0 radical (unpaired) electrons. The second-order valence-corrected chi connectivity index (χ2v) is 13.5. The van der Waals surface area contributed by atoms with Gasteiger partial charge in [0.1, 0.15) is 6.10 Å². The zero-order chi connectivity index (χ0) is 23.8. The van der Waals surface area contributed by atoms with E-state index in [4.69, 9.17) is 4.74 Å². The van der Waals surface area contributed by atoms with Crippen molar-refractivity contribution in [3.63, 3.8) is 0 Å². The molecule has 0 heterocycles. The standard InChI is InChI=1S/C30H46O3/c1-18(2)22-15-23(31)19(3)14-24(22)33-27(32)29(6)12-7-11-28(5)25(29)10-13-30-16-20(4)21(17-30)8-9-26(28)30/h14,18,21-26,31H,4,7-13,15-17H2,1-3,5-6H3/t21-,22+,23-,24-,25-,26-,28+,29+,30+/m0/s1. The summed E-state index contributed by atoms with van der Waals surface area (Å²) < 4.78 is 6.39. The third kappa shape index (κ3) is 3.50. The molecule has 5 rings (SSSR count). The van der Waals surface area contributed by atoms with Gasteiger partial charge in [0, 0.05) is 5.92 Å². The van der Waals surface area contributed by atoms with Crippen LogP contribution in [0.15, 0.2) is 23.8 Å². The van der Waals surface area contributed by atoms with Crippen molar-refractivity contribution in [3.8, 4) is 0 Å². The summed E-state index contributed by atoms with van der Waals surface area (Å²) in [5.74, 6) is 2.46. The van der Waals surface area contributed by atoms with Gasteiger partial charge in [-0.15, -0.1) is 0 Å². The van der Waals surface area contributed by atoms with Crippen LogP contribution in [0.25, 0.3) is 0 Å². The Morgan fingerprint density at radius 2 is 1.91 bits per heavy atom. The SMILES string of the molecule is C=C1C[C@@]23CC[C@H]4[C@@](C)(CCC[C@@]4(C)C(=O)O[C@H]4C=C(C)[C@@H](O)C[C@@H]4C(C)C)[C@@H]2CC[C@H]1C3. The maximum atomic E-state index is 14.0. The van der Waals surface area contributed by atoms with Crippen molar-refractivity contribution in [1.29, 1.82) is 0 Å². The van der Waals surface area contributed by atoms with Gasteiger partial charge in [0.05, 0.1) is 11.5 Å². The fraction of sp³-hybridized carbons (Fsp3) is 0.833. The van der Waals surface area contributed by atoms with E-state index in [0.717, 1.165) is 36.7 Å². The Morgan fingerprint density at radius 1 is 1.15 bits per heavy atom. The monoisotopic (exact) mass is 454 g/mol. The number of carbonyl (C=O) groups excluding carboxylic acids is 1. The summed E-state index contributed by atoms with van der Waals surface area (Å²) in [5, 5.41) is 10.4.